The summed E-state index contributed by atoms with van der Waals surface area (Å²) in [5.41, 5.74) is -0.814. The van der Waals surface area contributed by atoms with Gasteiger partial charge in [-0.25, -0.2) is 9.18 Å². The quantitative estimate of drug-likeness (QED) is 0.730. The zero-order chi connectivity index (χ0) is 18.4. The van der Waals surface area contributed by atoms with Gasteiger partial charge in [-0.1, -0.05) is 36.4 Å². The number of hydrogen-bond donors (Lipinski definition) is 2. The maximum absolute atomic E-state index is 13.9. The Bertz CT molecular complexity index is 717. The lowest BCUT2D eigenvalue weighted by molar-refractivity contribution is -0.139. The van der Waals surface area contributed by atoms with Crippen molar-refractivity contribution in [1.82, 2.24) is 5.32 Å². The van der Waals surface area contributed by atoms with E-state index in [1.165, 1.54) is 0 Å². The summed E-state index contributed by atoms with van der Waals surface area (Å²) in [7, 11) is 0. The first-order chi connectivity index (χ1) is 11.8. The van der Waals surface area contributed by atoms with Crippen LogP contribution in [0, 0.1) is 5.82 Å². The molecule has 134 valence electrons. The summed E-state index contributed by atoms with van der Waals surface area (Å²) in [4.78, 5) is 11.9. The van der Waals surface area contributed by atoms with Gasteiger partial charge in [-0.2, -0.15) is 13.2 Å². The van der Waals surface area contributed by atoms with Crippen LogP contribution in [-0.2, 0) is 12.6 Å². The number of hydrogen-bond acceptors (Lipinski definition) is 1. The van der Waals surface area contributed by atoms with Crippen LogP contribution in [0.2, 0.25) is 0 Å². The molecule has 0 bridgehead atoms. The number of nitrogens with one attached hydrogen (secondary N) is 2. The summed E-state index contributed by atoms with van der Waals surface area (Å²) < 4.78 is 51.9. The smallest absolute Gasteiger partial charge is 0.335 e. The Morgan fingerprint density at radius 1 is 1.08 bits per heavy atom. The highest BCUT2D eigenvalue weighted by atomic mass is 19.4. The van der Waals surface area contributed by atoms with Crippen LogP contribution in [0.25, 0.3) is 0 Å². The van der Waals surface area contributed by atoms with Crippen LogP contribution in [0.4, 0.5) is 28.0 Å². The van der Waals surface area contributed by atoms with Gasteiger partial charge in [0.2, 0.25) is 0 Å². The molecule has 2 rings (SSSR count). The highest BCUT2D eigenvalue weighted by molar-refractivity contribution is 5.89. The first-order valence-corrected chi connectivity index (χ1v) is 7.74. The zero-order valence-corrected chi connectivity index (χ0v) is 13.5. The monoisotopic (exact) mass is 354 g/mol. The highest BCUT2D eigenvalue weighted by Crippen LogP contribution is 2.33. The van der Waals surface area contributed by atoms with Crippen molar-refractivity contribution in [3.63, 3.8) is 0 Å². The van der Waals surface area contributed by atoms with Crippen molar-refractivity contribution in [2.24, 2.45) is 0 Å². The fraction of sp³-hybridized carbons (Fsp3) is 0.278. The third-order valence-corrected chi connectivity index (χ3v) is 3.64. The molecule has 25 heavy (non-hydrogen) atoms. The summed E-state index contributed by atoms with van der Waals surface area (Å²) in [5.74, 6) is -1.50. The van der Waals surface area contributed by atoms with E-state index in [4.69, 9.17) is 0 Å². The summed E-state index contributed by atoms with van der Waals surface area (Å²) >= 11 is 0. The van der Waals surface area contributed by atoms with Crippen molar-refractivity contribution in [3.05, 3.63) is 65.5 Å². The van der Waals surface area contributed by atoms with Crippen molar-refractivity contribution in [2.75, 3.05) is 5.32 Å². The Morgan fingerprint density at radius 2 is 1.76 bits per heavy atom. The first-order valence-electron chi connectivity index (χ1n) is 7.74. The van der Waals surface area contributed by atoms with Gasteiger partial charge in [-0.05, 0) is 37.5 Å². The lowest BCUT2D eigenvalue weighted by Crippen LogP contribution is -2.36. The second-order valence-corrected chi connectivity index (χ2v) is 5.69. The lowest BCUT2D eigenvalue weighted by atomic mass is 10.1. The van der Waals surface area contributed by atoms with Crippen molar-refractivity contribution in [1.29, 1.82) is 0 Å². The number of alkyl halides is 3. The molecule has 0 aliphatic rings. The predicted molar refractivity (Wildman–Crippen MR) is 87.8 cm³/mol. The minimum absolute atomic E-state index is 0.228. The molecule has 0 spiro atoms. The van der Waals surface area contributed by atoms with Crippen LogP contribution in [-0.4, -0.2) is 12.1 Å². The van der Waals surface area contributed by atoms with E-state index in [0.29, 0.717) is 12.5 Å². The number of benzene rings is 2. The van der Waals surface area contributed by atoms with Crippen LogP contribution >= 0.6 is 0 Å². The van der Waals surface area contributed by atoms with E-state index in [1.54, 1.807) is 6.92 Å². The van der Waals surface area contributed by atoms with Gasteiger partial charge in [0.1, 0.15) is 0 Å². The summed E-state index contributed by atoms with van der Waals surface area (Å²) in [6, 6.07) is 11.4. The van der Waals surface area contributed by atoms with Crippen molar-refractivity contribution in [2.45, 2.75) is 32.0 Å². The van der Waals surface area contributed by atoms with Gasteiger partial charge in [0.05, 0.1) is 11.3 Å². The molecule has 0 fully saturated rings. The number of aryl methyl sites for hydroxylation is 1. The minimum atomic E-state index is -4.82. The Kier molecular flexibility index (Phi) is 6.01. The van der Waals surface area contributed by atoms with Gasteiger partial charge in [-0.15, -0.1) is 0 Å². The average Bonchev–Trinajstić information content (AvgIpc) is 2.54. The number of amides is 2. The molecule has 0 aromatic heterocycles. The molecule has 2 N–H and O–H groups in total. The molecule has 7 heteroatoms. The fourth-order valence-electron chi connectivity index (χ4n) is 2.33. The number of rotatable bonds is 5. The molecule has 0 heterocycles. The normalized spacial score (nSPS) is 12.5. The van der Waals surface area contributed by atoms with E-state index < -0.39 is 29.3 Å². The topological polar surface area (TPSA) is 41.1 Å². The number of halogens is 4. The zero-order valence-electron chi connectivity index (χ0n) is 13.5. The molecule has 1 atom stereocenters. The predicted octanol–water partition coefficient (Wildman–Crippen LogP) is 4.99. The van der Waals surface area contributed by atoms with Gasteiger partial charge in [0, 0.05) is 6.04 Å². The number of carbonyl (C=O) groups excluding carboxylic acids is 1. The summed E-state index contributed by atoms with van der Waals surface area (Å²) in [5, 5.41) is 4.71. The van der Waals surface area contributed by atoms with E-state index in [2.05, 4.69) is 10.6 Å². The molecule has 0 aliphatic carbocycles. The van der Waals surface area contributed by atoms with E-state index in [-0.39, 0.29) is 6.04 Å². The lowest BCUT2D eigenvalue weighted by Gasteiger charge is -2.16. The van der Waals surface area contributed by atoms with Crippen LogP contribution in [0.1, 0.15) is 24.5 Å². The minimum Gasteiger partial charge on any atom is -0.335 e. The third kappa shape index (κ3) is 5.48. The fourth-order valence-corrected chi connectivity index (χ4v) is 2.33. The van der Waals surface area contributed by atoms with Gasteiger partial charge < -0.3 is 10.6 Å². The van der Waals surface area contributed by atoms with E-state index in [9.17, 15) is 22.4 Å². The van der Waals surface area contributed by atoms with Gasteiger partial charge in [-0.3, -0.25) is 0 Å². The Labute approximate surface area is 143 Å². The summed E-state index contributed by atoms with van der Waals surface area (Å²) in [6.07, 6.45) is -3.44. The molecule has 2 amide bonds. The van der Waals surface area contributed by atoms with Crippen LogP contribution in [0.5, 0.6) is 0 Å². The summed E-state index contributed by atoms with van der Waals surface area (Å²) in [6.45, 7) is 1.77. The third-order valence-electron chi connectivity index (χ3n) is 3.64. The van der Waals surface area contributed by atoms with Gasteiger partial charge in [0.25, 0.3) is 0 Å². The SMILES string of the molecule is CC(CCc1ccccc1)NC(=O)Nc1cccc(C(F)(F)F)c1F. The van der Waals surface area contributed by atoms with Gasteiger partial charge >= 0.3 is 12.2 Å². The van der Waals surface area contributed by atoms with Crippen LogP contribution < -0.4 is 10.6 Å². The highest BCUT2D eigenvalue weighted by Gasteiger charge is 2.35. The Hall–Kier alpha value is -2.57. The van der Waals surface area contributed by atoms with Gasteiger partial charge in [0.15, 0.2) is 5.82 Å². The van der Waals surface area contributed by atoms with Crippen LogP contribution in [0.3, 0.4) is 0 Å². The molecule has 0 aliphatic heterocycles. The number of urea groups is 1. The Balaban J connectivity index is 1.92. The average molecular weight is 354 g/mol. The molecule has 0 saturated heterocycles. The Morgan fingerprint density at radius 3 is 2.40 bits per heavy atom. The molecule has 1 unspecified atom stereocenters. The molecular formula is C18H18F4N2O. The maximum atomic E-state index is 13.9. The largest absolute Gasteiger partial charge is 0.419 e. The standard InChI is InChI=1S/C18H18F4N2O/c1-12(10-11-13-6-3-2-4-7-13)23-17(25)24-15-9-5-8-14(16(15)19)18(20,21)22/h2-9,12H,10-11H2,1H3,(H2,23,24,25). The van der Waals surface area contributed by atoms with Crippen molar-refractivity contribution < 1.29 is 22.4 Å². The van der Waals surface area contributed by atoms with E-state index in [1.807, 2.05) is 30.3 Å². The van der Waals surface area contributed by atoms with E-state index >= 15 is 0 Å². The molecular weight excluding hydrogens is 336 g/mol. The van der Waals surface area contributed by atoms with E-state index in [0.717, 1.165) is 24.1 Å². The second kappa shape index (κ2) is 8.00. The number of anilines is 1. The number of carbonyl (C=O) groups is 1. The molecule has 0 saturated carbocycles. The van der Waals surface area contributed by atoms with Crippen molar-refractivity contribution in [3.8, 4) is 0 Å². The van der Waals surface area contributed by atoms with Crippen LogP contribution in [0.15, 0.2) is 48.5 Å². The second-order valence-electron chi connectivity index (χ2n) is 5.69. The van der Waals surface area contributed by atoms with Crippen molar-refractivity contribution >= 4 is 11.7 Å². The maximum Gasteiger partial charge on any atom is 0.419 e. The molecule has 0 radical (unpaired) electrons. The molecule has 2 aromatic rings. The molecule has 3 nitrogen and oxygen atoms in total. The first kappa shape index (κ1) is 18.8. The molecule has 2 aromatic carbocycles.